The van der Waals surface area contributed by atoms with Gasteiger partial charge in [0.2, 0.25) is 0 Å². The number of hydrogen-bond acceptors (Lipinski definition) is 4. The molecule has 0 aromatic heterocycles. The zero-order valence-electron chi connectivity index (χ0n) is 13.0. The number of nitrogens with one attached hydrogen (secondary N) is 1. The molecule has 2 aliphatic rings. The second kappa shape index (κ2) is 6.45. The van der Waals surface area contributed by atoms with E-state index in [9.17, 15) is 12.8 Å². The Kier molecular flexibility index (Phi) is 4.55. The molecule has 1 aromatic rings. The van der Waals surface area contributed by atoms with Crippen LogP contribution in [0.5, 0.6) is 5.75 Å². The number of likely N-dealkylation sites (N-methyl/N-ethyl adjacent to an activating group) is 1. The van der Waals surface area contributed by atoms with Crippen molar-refractivity contribution in [2.45, 2.75) is 35.5 Å². The number of aryl methyl sites for hydroxylation is 1. The van der Waals surface area contributed by atoms with E-state index in [0.717, 1.165) is 24.9 Å². The summed E-state index contributed by atoms with van der Waals surface area (Å²) in [7, 11) is -1.76. The molecule has 0 bridgehead atoms. The van der Waals surface area contributed by atoms with Crippen LogP contribution in [0.2, 0.25) is 0 Å². The molecule has 4 nitrogen and oxygen atoms in total. The highest BCUT2D eigenvalue weighted by Gasteiger charge is 2.29. The van der Waals surface area contributed by atoms with E-state index in [1.165, 1.54) is 12.2 Å². The Hall–Kier alpha value is -1.66. The normalized spacial score (nSPS) is 23.8. The van der Waals surface area contributed by atoms with Gasteiger partial charge in [-0.3, -0.25) is 0 Å². The third-order valence-electron chi connectivity index (χ3n) is 4.22. The third kappa shape index (κ3) is 3.33. The van der Waals surface area contributed by atoms with Crippen molar-refractivity contribution in [2.24, 2.45) is 0 Å². The molecule has 23 heavy (non-hydrogen) atoms. The van der Waals surface area contributed by atoms with Gasteiger partial charge in [-0.05, 0) is 56.2 Å². The molecule has 1 aliphatic carbocycles. The highest BCUT2D eigenvalue weighted by molar-refractivity contribution is 7.92. The molecule has 0 spiro atoms. The Morgan fingerprint density at radius 3 is 2.96 bits per heavy atom. The lowest BCUT2D eigenvalue weighted by Crippen LogP contribution is -2.32. The van der Waals surface area contributed by atoms with Crippen molar-refractivity contribution in [1.82, 2.24) is 5.32 Å². The van der Waals surface area contributed by atoms with Gasteiger partial charge in [0.15, 0.2) is 9.84 Å². The van der Waals surface area contributed by atoms with Gasteiger partial charge in [0.05, 0.1) is 10.1 Å². The number of sulfone groups is 1. The van der Waals surface area contributed by atoms with Gasteiger partial charge in [0, 0.05) is 6.54 Å². The number of allylic oxidation sites excluding steroid dienone is 3. The molecule has 1 aliphatic heterocycles. The van der Waals surface area contributed by atoms with Crippen molar-refractivity contribution >= 4 is 9.84 Å². The molecule has 2 atom stereocenters. The Bertz CT molecular complexity index is 755. The maximum absolute atomic E-state index is 13.4. The van der Waals surface area contributed by atoms with E-state index in [1.807, 2.05) is 7.05 Å². The standard InChI is InChI=1S/C17H20FNO3S/c1-19-11-14-7-5-12-6-8-16(10-17(12)22-14)23(20,21)15-4-2-3-13(18)9-15/h2-3,6,8-10,14-15,19H,4-5,7,11H2,1H3/t14-,15?/m1/s1. The predicted molar refractivity (Wildman–Crippen MR) is 87.0 cm³/mol. The van der Waals surface area contributed by atoms with Crippen molar-refractivity contribution in [1.29, 1.82) is 0 Å². The fraction of sp³-hybridized carbons (Fsp3) is 0.412. The van der Waals surface area contributed by atoms with Gasteiger partial charge in [-0.25, -0.2) is 12.8 Å². The summed E-state index contributed by atoms with van der Waals surface area (Å²) in [5.41, 5.74) is 1.02. The van der Waals surface area contributed by atoms with Crippen LogP contribution >= 0.6 is 0 Å². The summed E-state index contributed by atoms with van der Waals surface area (Å²) in [6.45, 7) is 0.720. The van der Waals surface area contributed by atoms with E-state index in [-0.39, 0.29) is 17.4 Å². The van der Waals surface area contributed by atoms with Crippen LogP contribution in [0.3, 0.4) is 0 Å². The lowest BCUT2D eigenvalue weighted by atomic mass is 10.0. The number of hydrogen-bond donors (Lipinski definition) is 1. The number of halogens is 1. The van der Waals surface area contributed by atoms with E-state index < -0.39 is 20.9 Å². The minimum absolute atomic E-state index is 0.0420. The van der Waals surface area contributed by atoms with Gasteiger partial charge in [-0.15, -0.1) is 0 Å². The summed E-state index contributed by atoms with van der Waals surface area (Å²) < 4.78 is 44.7. The van der Waals surface area contributed by atoms with Crippen LogP contribution in [0.15, 0.2) is 47.1 Å². The van der Waals surface area contributed by atoms with Crippen molar-refractivity contribution in [3.05, 3.63) is 47.8 Å². The molecular weight excluding hydrogens is 317 g/mol. The molecular formula is C17H20FNO3S. The smallest absolute Gasteiger partial charge is 0.185 e. The molecule has 3 rings (SSSR count). The van der Waals surface area contributed by atoms with Crippen LogP contribution in [0, 0.1) is 0 Å². The monoisotopic (exact) mass is 337 g/mol. The van der Waals surface area contributed by atoms with E-state index in [4.69, 9.17) is 4.74 Å². The SMILES string of the molecule is CNC[C@H]1CCc2ccc(S(=O)(=O)C3C=C(F)C=CC3)cc2O1. The number of benzene rings is 1. The summed E-state index contributed by atoms with van der Waals surface area (Å²) >= 11 is 0. The molecule has 1 unspecified atom stereocenters. The molecule has 0 fully saturated rings. The molecule has 6 heteroatoms. The van der Waals surface area contributed by atoms with Crippen LogP contribution in [0.4, 0.5) is 4.39 Å². The van der Waals surface area contributed by atoms with E-state index in [2.05, 4.69) is 5.32 Å². The van der Waals surface area contributed by atoms with Crippen LogP contribution in [-0.2, 0) is 16.3 Å². The van der Waals surface area contributed by atoms with E-state index in [1.54, 1.807) is 24.3 Å². The Morgan fingerprint density at radius 1 is 1.39 bits per heavy atom. The Morgan fingerprint density at radius 2 is 2.22 bits per heavy atom. The van der Waals surface area contributed by atoms with E-state index in [0.29, 0.717) is 5.75 Å². The quantitative estimate of drug-likeness (QED) is 0.917. The molecule has 0 amide bonds. The lowest BCUT2D eigenvalue weighted by molar-refractivity contribution is 0.173. The summed E-state index contributed by atoms with van der Waals surface area (Å²) in [6, 6.07) is 4.98. The predicted octanol–water partition coefficient (Wildman–Crippen LogP) is 2.56. The second-order valence-electron chi connectivity index (χ2n) is 5.88. The number of rotatable bonds is 4. The summed E-state index contributed by atoms with van der Waals surface area (Å²) in [4.78, 5) is 0.186. The highest BCUT2D eigenvalue weighted by Crippen LogP contribution is 2.32. The highest BCUT2D eigenvalue weighted by atomic mass is 32.2. The van der Waals surface area contributed by atoms with Gasteiger partial charge >= 0.3 is 0 Å². The van der Waals surface area contributed by atoms with Gasteiger partial charge in [0.1, 0.15) is 17.7 Å². The van der Waals surface area contributed by atoms with Crippen molar-refractivity contribution in [2.75, 3.05) is 13.6 Å². The molecule has 0 radical (unpaired) electrons. The summed E-state index contributed by atoms with van der Waals surface area (Å²) in [5.74, 6) is 0.112. The lowest BCUT2D eigenvalue weighted by Gasteiger charge is -2.26. The largest absolute Gasteiger partial charge is 0.489 e. The average molecular weight is 337 g/mol. The fourth-order valence-corrected chi connectivity index (χ4v) is 4.51. The number of fused-ring (bicyclic) bond motifs is 1. The van der Waals surface area contributed by atoms with Crippen LogP contribution in [0.25, 0.3) is 0 Å². The first-order valence-corrected chi connectivity index (χ1v) is 9.27. The summed E-state index contributed by atoms with van der Waals surface area (Å²) in [5, 5.41) is 2.21. The van der Waals surface area contributed by atoms with Crippen LogP contribution < -0.4 is 10.1 Å². The first kappa shape index (κ1) is 16.2. The van der Waals surface area contributed by atoms with Crippen molar-refractivity contribution < 1.29 is 17.5 Å². The molecule has 124 valence electrons. The maximum Gasteiger partial charge on any atom is 0.185 e. The molecule has 1 heterocycles. The van der Waals surface area contributed by atoms with Gasteiger partial charge in [-0.2, -0.15) is 0 Å². The maximum atomic E-state index is 13.4. The molecule has 1 N–H and O–H groups in total. The first-order valence-electron chi connectivity index (χ1n) is 7.72. The Balaban J connectivity index is 1.89. The minimum Gasteiger partial charge on any atom is -0.489 e. The fourth-order valence-electron chi connectivity index (χ4n) is 2.96. The van der Waals surface area contributed by atoms with Crippen LogP contribution in [0.1, 0.15) is 18.4 Å². The first-order chi connectivity index (χ1) is 11.0. The third-order valence-corrected chi connectivity index (χ3v) is 6.25. The number of ether oxygens (including phenoxy) is 1. The minimum atomic E-state index is -3.62. The van der Waals surface area contributed by atoms with Crippen molar-refractivity contribution in [3.63, 3.8) is 0 Å². The topological polar surface area (TPSA) is 55.4 Å². The zero-order chi connectivity index (χ0) is 16.4. The average Bonchev–Trinajstić information content (AvgIpc) is 2.54. The molecule has 1 aromatic carbocycles. The van der Waals surface area contributed by atoms with Crippen molar-refractivity contribution in [3.8, 4) is 5.75 Å². The van der Waals surface area contributed by atoms with Crippen LogP contribution in [-0.4, -0.2) is 33.4 Å². The second-order valence-corrected chi connectivity index (χ2v) is 8.05. The zero-order valence-corrected chi connectivity index (χ0v) is 13.8. The van der Waals surface area contributed by atoms with Gasteiger partial charge in [-0.1, -0.05) is 12.1 Å². The van der Waals surface area contributed by atoms with E-state index >= 15 is 0 Å². The summed E-state index contributed by atoms with van der Waals surface area (Å²) in [6.07, 6.45) is 6.11. The Labute approximate surface area is 136 Å². The van der Waals surface area contributed by atoms with Gasteiger partial charge in [0.25, 0.3) is 0 Å². The molecule has 0 saturated carbocycles. The molecule has 0 saturated heterocycles. The van der Waals surface area contributed by atoms with Gasteiger partial charge < -0.3 is 10.1 Å².